The first kappa shape index (κ1) is 38.5. The second-order valence-electron chi connectivity index (χ2n) is 17.8. The number of fused-ring (bicyclic) bond motifs is 6. The van der Waals surface area contributed by atoms with Crippen molar-refractivity contribution in [2.45, 2.75) is 19.3 Å². The molecule has 0 atom stereocenters. The zero-order chi connectivity index (χ0) is 43.5. The van der Waals surface area contributed by atoms with E-state index in [1.54, 1.807) is 0 Å². The molecule has 12 rings (SSSR count). The minimum atomic E-state index is -0.254. The monoisotopic (exact) mass is 830 g/mol. The van der Waals surface area contributed by atoms with E-state index in [2.05, 4.69) is 266 Å². The molecule has 1 aliphatic carbocycles. The molecule has 0 aliphatic heterocycles. The molecule has 1 heterocycles. The topological polar surface area (TPSA) is 8.17 Å². The van der Waals surface area contributed by atoms with Gasteiger partial charge in [0.25, 0.3) is 0 Å². The number of hydrogen-bond donors (Lipinski definition) is 0. The lowest BCUT2D eigenvalue weighted by atomic mass is 9.82. The van der Waals surface area contributed by atoms with E-state index < -0.39 is 0 Å². The van der Waals surface area contributed by atoms with Crippen molar-refractivity contribution in [1.29, 1.82) is 0 Å². The van der Waals surface area contributed by atoms with Crippen LogP contribution in [0.1, 0.15) is 25.0 Å². The summed E-state index contributed by atoms with van der Waals surface area (Å²) in [5.74, 6) is 0. The van der Waals surface area contributed by atoms with Gasteiger partial charge in [0, 0.05) is 38.9 Å². The first-order valence-corrected chi connectivity index (χ1v) is 22.6. The van der Waals surface area contributed by atoms with E-state index in [0.29, 0.717) is 0 Å². The predicted octanol–water partition coefficient (Wildman–Crippen LogP) is 17.2. The summed E-state index contributed by atoms with van der Waals surface area (Å²) in [6, 6.07) is 88.8. The summed E-state index contributed by atoms with van der Waals surface area (Å²) in [4.78, 5) is 2.40. The van der Waals surface area contributed by atoms with Crippen LogP contribution in [-0.2, 0) is 5.41 Å². The summed E-state index contributed by atoms with van der Waals surface area (Å²) in [7, 11) is 0. The lowest BCUT2D eigenvalue weighted by molar-refractivity contribution is 0.660. The Bertz CT molecular complexity index is 3330. The van der Waals surface area contributed by atoms with Crippen LogP contribution in [0.2, 0.25) is 0 Å². The average Bonchev–Trinajstić information content (AvgIpc) is 3.82. The quantitative estimate of drug-likeness (QED) is 0.148. The fraction of sp³-hybridized carbons (Fsp3) is 0.0476. The van der Waals surface area contributed by atoms with Crippen molar-refractivity contribution in [2.75, 3.05) is 4.90 Å². The highest BCUT2D eigenvalue weighted by molar-refractivity contribution is 6.11. The lowest BCUT2D eigenvalue weighted by Gasteiger charge is -2.28. The average molecular weight is 831 g/mol. The van der Waals surface area contributed by atoms with E-state index in [-0.39, 0.29) is 5.41 Å². The predicted molar refractivity (Wildman–Crippen MR) is 275 cm³/mol. The van der Waals surface area contributed by atoms with E-state index in [9.17, 15) is 0 Å². The van der Waals surface area contributed by atoms with Crippen molar-refractivity contribution in [3.63, 3.8) is 0 Å². The number of rotatable bonds is 8. The Morgan fingerprint density at radius 2 is 0.662 bits per heavy atom. The van der Waals surface area contributed by atoms with E-state index >= 15 is 0 Å². The fourth-order valence-corrected chi connectivity index (χ4v) is 10.2. The van der Waals surface area contributed by atoms with Crippen LogP contribution in [0.4, 0.5) is 17.1 Å². The molecule has 1 aliphatic rings. The first-order valence-electron chi connectivity index (χ1n) is 22.6. The standard InChI is InChI=1S/C63H46N2/c1-63(2)59-41-53(64(51-29-23-47(24-30-51)43-15-7-3-8-16-43)52-31-25-48(26-32-52)44-17-9-4-10-18-44)33-35-55(59)56-36-34-54(42-60(56)63)65-61-37-27-49(45-19-11-5-12-20-45)39-57(61)58-40-50(28-38-62(58)65)46-21-13-6-14-22-46/h3-42H,1-2H3. The molecule has 2 heteroatoms. The van der Waals surface area contributed by atoms with Gasteiger partial charge in [-0.2, -0.15) is 0 Å². The molecular weight excluding hydrogens is 785 g/mol. The van der Waals surface area contributed by atoms with Gasteiger partial charge in [-0.15, -0.1) is 0 Å². The molecule has 2 nitrogen and oxygen atoms in total. The van der Waals surface area contributed by atoms with Gasteiger partial charge < -0.3 is 9.47 Å². The van der Waals surface area contributed by atoms with Crippen LogP contribution >= 0.6 is 0 Å². The molecule has 0 fully saturated rings. The summed E-state index contributed by atoms with van der Waals surface area (Å²) in [5.41, 5.74) is 21.6. The van der Waals surface area contributed by atoms with Crippen molar-refractivity contribution in [3.05, 3.63) is 254 Å². The largest absolute Gasteiger partial charge is 0.310 e. The third-order valence-corrected chi connectivity index (χ3v) is 13.6. The van der Waals surface area contributed by atoms with Crippen LogP contribution in [0.15, 0.2) is 243 Å². The van der Waals surface area contributed by atoms with E-state index in [0.717, 1.165) is 17.1 Å². The van der Waals surface area contributed by atoms with Crippen molar-refractivity contribution in [1.82, 2.24) is 4.57 Å². The maximum absolute atomic E-state index is 2.47. The Balaban J connectivity index is 0.964. The highest BCUT2D eigenvalue weighted by atomic mass is 15.1. The molecule has 65 heavy (non-hydrogen) atoms. The molecule has 11 aromatic rings. The molecule has 308 valence electrons. The second-order valence-corrected chi connectivity index (χ2v) is 17.8. The van der Waals surface area contributed by atoms with E-state index in [1.165, 1.54) is 94.3 Å². The van der Waals surface area contributed by atoms with E-state index in [1.807, 2.05) is 0 Å². The SMILES string of the molecule is CC1(C)c2cc(N(c3ccc(-c4ccccc4)cc3)c3ccc(-c4ccccc4)cc3)ccc2-c2ccc(-n3c4ccc(-c5ccccc5)cc4c4cc(-c5ccccc5)ccc43)cc21. The molecular formula is C63H46N2. The Morgan fingerprint density at radius 3 is 1.11 bits per heavy atom. The molecule has 0 saturated carbocycles. The maximum Gasteiger partial charge on any atom is 0.0541 e. The normalized spacial score (nSPS) is 12.6. The van der Waals surface area contributed by atoms with Crippen LogP contribution in [0.3, 0.4) is 0 Å². The number of anilines is 3. The number of aromatic nitrogens is 1. The number of nitrogens with zero attached hydrogens (tertiary/aromatic N) is 2. The first-order chi connectivity index (χ1) is 32.0. The molecule has 0 amide bonds. The van der Waals surface area contributed by atoms with Gasteiger partial charge >= 0.3 is 0 Å². The van der Waals surface area contributed by atoms with Crippen molar-refractivity contribution >= 4 is 38.9 Å². The van der Waals surface area contributed by atoms with Crippen LogP contribution < -0.4 is 4.90 Å². The molecule has 0 spiro atoms. The van der Waals surface area contributed by atoms with Crippen molar-refractivity contribution in [2.24, 2.45) is 0 Å². The molecule has 0 radical (unpaired) electrons. The van der Waals surface area contributed by atoms with Gasteiger partial charge in [0.15, 0.2) is 0 Å². The van der Waals surface area contributed by atoms with Crippen LogP contribution in [-0.4, -0.2) is 4.57 Å². The van der Waals surface area contributed by atoms with Gasteiger partial charge in [-0.05, 0) is 140 Å². The highest BCUT2D eigenvalue weighted by Crippen LogP contribution is 2.52. The summed E-state index contributed by atoms with van der Waals surface area (Å²) in [5, 5.41) is 2.50. The Labute approximate surface area is 381 Å². The highest BCUT2D eigenvalue weighted by Gasteiger charge is 2.36. The molecule has 0 unspecified atom stereocenters. The summed E-state index contributed by atoms with van der Waals surface area (Å²) < 4.78 is 2.47. The van der Waals surface area contributed by atoms with Crippen LogP contribution in [0.25, 0.3) is 83.1 Å². The van der Waals surface area contributed by atoms with Crippen molar-refractivity contribution < 1.29 is 0 Å². The lowest BCUT2D eigenvalue weighted by Crippen LogP contribution is -2.17. The summed E-state index contributed by atoms with van der Waals surface area (Å²) >= 11 is 0. The Kier molecular flexibility index (Phi) is 9.21. The van der Waals surface area contributed by atoms with Gasteiger partial charge in [-0.25, -0.2) is 0 Å². The minimum absolute atomic E-state index is 0.254. The smallest absolute Gasteiger partial charge is 0.0541 e. The van der Waals surface area contributed by atoms with Crippen molar-refractivity contribution in [3.8, 4) is 61.3 Å². The zero-order valence-electron chi connectivity index (χ0n) is 36.5. The third-order valence-electron chi connectivity index (χ3n) is 13.6. The number of hydrogen-bond acceptors (Lipinski definition) is 1. The number of benzene rings is 10. The fourth-order valence-electron chi connectivity index (χ4n) is 10.2. The van der Waals surface area contributed by atoms with E-state index in [4.69, 9.17) is 0 Å². The maximum atomic E-state index is 2.47. The molecule has 1 aromatic heterocycles. The molecule has 0 saturated heterocycles. The Morgan fingerprint density at radius 1 is 0.308 bits per heavy atom. The van der Waals surface area contributed by atoms with Gasteiger partial charge in [-0.3, -0.25) is 0 Å². The van der Waals surface area contributed by atoms with Crippen LogP contribution in [0, 0.1) is 0 Å². The minimum Gasteiger partial charge on any atom is -0.310 e. The molecule has 0 N–H and O–H groups in total. The summed E-state index contributed by atoms with van der Waals surface area (Å²) in [6.07, 6.45) is 0. The molecule has 10 aromatic carbocycles. The van der Waals surface area contributed by atoms with Gasteiger partial charge in [0.05, 0.1) is 11.0 Å². The summed E-state index contributed by atoms with van der Waals surface area (Å²) in [6.45, 7) is 4.78. The van der Waals surface area contributed by atoms with Gasteiger partial charge in [0.1, 0.15) is 0 Å². The van der Waals surface area contributed by atoms with Gasteiger partial charge in [-0.1, -0.05) is 184 Å². The second kappa shape index (κ2) is 15.6. The Hall–Kier alpha value is -8.20. The zero-order valence-corrected chi connectivity index (χ0v) is 36.5. The molecule has 0 bridgehead atoms. The third kappa shape index (κ3) is 6.65. The van der Waals surface area contributed by atoms with Gasteiger partial charge in [0.2, 0.25) is 0 Å². The van der Waals surface area contributed by atoms with Crippen LogP contribution in [0.5, 0.6) is 0 Å².